The van der Waals surface area contributed by atoms with Gasteiger partial charge in [0.15, 0.2) is 0 Å². The standard InChI is InChI=1S/C9H13F2N3/c10-9(11)8-2-4-13-14(8)6-7-1-3-12-5-7/h2,4,7,9,12H,1,3,5-6H2. The van der Waals surface area contributed by atoms with Crippen LogP contribution in [0.1, 0.15) is 18.5 Å². The van der Waals surface area contributed by atoms with Crippen molar-refractivity contribution in [3.63, 3.8) is 0 Å². The van der Waals surface area contributed by atoms with Crippen molar-refractivity contribution >= 4 is 0 Å². The fourth-order valence-corrected chi connectivity index (χ4v) is 1.80. The average Bonchev–Trinajstić information content (AvgIpc) is 2.75. The summed E-state index contributed by atoms with van der Waals surface area (Å²) < 4.78 is 26.3. The fourth-order valence-electron chi connectivity index (χ4n) is 1.80. The molecule has 1 aliphatic rings. The Kier molecular flexibility index (Phi) is 2.77. The summed E-state index contributed by atoms with van der Waals surface area (Å²) in [6.07, 6.45) is 0.0544. The van der Waals surface area contributed by atoms with Crippen LogP contribution in [0.5, 0.6) is 0 Å². The highest BCUT2D eigenvalue weighted by molar-refractivity contribution is 5.02. The summed E-state index contributed by atoms with van der Waals surface area (Å²) >= 11 is 0. The van der Waals surface area contributed by atoms with Crippen LogP contribution in [0.25, 0.3) is 0 Å². The number of hydrogen-bond acceptors (Lipinski definition) is 2. The van der Waals surface area contributed by atoms with E-state index in [1.807, 2.05) is 0 Å². The van der Waals surface area contributed by atoms with Gasteiger partial charge >= 0.3 is 0 Å². The molecule has 5 heteroatoms. The lowest BCUT2D eigenvalue weighted by molar-refractivity contribution is 0.137. The number of aromatic nitrogens is 2. The zero-order valence-corrected chi connectivity index (χ0v) is 7.79. The first-order valence-electron chi connectivity index (χ1n) is 4.78. The Labute approximate surface area is 81.1 Å². The topological polar surface area (TPSA) is 29.9 Å². The highest BCUT2D eigenvalue weighted by Crippen LogP contribution is 2.20. The van der Waals surface area contributed by atoms with Gasteiger partial charge in [-0.2, -0.15) is 5.10 Å². The van der Waals surface area contributed by atoms with Crippen molar-refractivity contribution in [2.45, 2.75) is 19.4 Å². The molecule has 3 nitrogen and oxygen atoms in total. The number of halogens is 2. The lowest BCUT2D eigenvalue weighted by Gasteiger charge is -2.11. The molecule has 2 heterocycles. The molecule has 0 aliphatic carbocycles. The second-order valence-corrected chi connectivity index (χ2v) is 3.60. The van der Waals surface area contributed by atoms with Crippen molar-refractivity contribution in [2.75, 3.05) is 13.1 Å². The van der Waals surface area contributed by atoms with Gasteiger partial charge in [-0.05, 0) is 31.5 Å². The van der Waals surface area contributed by atoms with Gasteiger partial charge in [-0.1, -0.05) is 0 Å². The molecule has 1 aliphatic heterocycles. The fraction of sp³-hybridized carbons (Fsp3) is 0.667. The molecule has 14 heavy (non-hydrogen) atoms. The van der Waals surface area contributed by atoms with Crippen LogP contribution in [0.15, 0.2) is 12.3 Å². The molecule has 0 aromatic carbocycles. The van der Waals surface area contributed by atoms with Crippen LogP contribution >= 0.6 is 0 Å². The maximum absolute atomic E-state index is 12.5. The first-order valence-corrected chi connectivity index (χ1v) is 4.78. The van der Waals surface area contributed by atoms with Gasteiger partial charge in [-0.3, -0.25) is 4.68 Å². The van der Waals surface area contributed by atoms with Crippen LogP contribution in [0.3, 0.4) is 0 Å². The van der Waals surface area contributed by atoms with Crippen LogP contribution in [-0.2, 0) is 6.54 Å². The molecule has 2 rings (SSSR count). The Morgan fingerprint density at radius 3 is 3.14 bits per heavy atom. The quantitative estimate of drug-likeness (QED) is 0.801. The average molecular weight is 201 g/mol. The Morgan fingerprint density at radius 1 is 1.64 bits per heavy atom. The second kappa shape index (κ2) is 4.04. The summed E-state index contributed by atoms with van der Waals surface area (Å²) in [5.41, 5.74) is 0.0249. The third kappa shape index (κ3) is 1.92. The number of hydrogen-bond donors (Lipinski definition) is 1. The molecule has 0 spiro atoms. The van der Waals surface area contributed by atoms with Crippen LogP contribution in [-0.4, -0.2) is 22.9 Å². The van der Waals surface area contributed by atoms with Gasteiger partial charge < -0.3 is 5.32 Å². The molecular weight excluding hydrogens is 188 g/mol. The molecule has 1 aromatic heterocycles. The molecular formula is C9H13F2N3. The zero-order chi connectivity index (χ0) is 9.97. The molecule has 1 atom stereocenters. The van der Waals surface area contributed by atoms with E-state index in [4.69, 9.17) is 0 Å². The van der Waals surface area contributed by atoms with Crippen LogP contribution < -0.4 is 5.32 Å². The van der Waals surface area contributed by atoms with E-state index < -0.39 is 6.43 Å². The number of alkyl halides is 2. The Hall–Kier alpha value is -0.970. The maximum Gasteiger partial charge on any atom is 0.280 e. The Bertz CT molecular complexity index is 292. The van der Waals surface area contributed by atoms with Crippen molar-refractivity contribution in [1.82, 2.24) is 15.1 Å². The smallest absolute Gasteiger partial charge is 0.280 e. The molecule has 0 saturated carbocycles. The third-order valence-corrected chi connectivity index (χ3v) is 2.57. The Balaban J connectivity index is 2.04. The minimum Gasteiger partial charge on any atom is -0.316 e. The Morgan fingerprint density at radius 2 is 2.50 bits per heavy atom. The summed E-state index contributed by atoms with van der Waals surface area (Å²) in [5.74, 6) is 0.437. The minimum atomic E-state index is -2.42. The summed E-state index contributed by atoms with van der Waals surface area (Å²) in [5, 5.41) is 7.11. The van der Waals surface area contributed by atoms with E-state index in [9.17, 15) is 8.78 Å². The van der Waals surface area contributed by atoms with Crippen LogP contribution in [0.4, 0.5) is 8.78 Å². The van der Waals surface area contributed by atoms with E-state index in [-0.39, 0.29) is 5.69 Å². The van der Waals surface area contributed by atoms with Gasteiger partial charge in [0.25, 0.3) is 6.43 Å². The highest BCUT2D eigenvalue weighted by atomic mass is 19.3. The van der Waals surface area contributed by atoms with Crippen molar-refractivity contribution in [2.24, 2.45) is 5.92 Å². The van der Waals surface area contributed by atoms with Crippen LogP contribution in [0, 0.1) is 5.92 Å². The first-order chi connectivity index (χ1) is 6.77. The molecule has 0 radical (unpaired) electrons. The summed E-state index contributed by atoms with van der Waals surface area (Å²) in [7, 11) is 0. The third-order valence-electron chi connectivity index (χ3n) is 2.57. The predicted octanol–water partition coefficient (Wildman–Crippen LogP) is 1.43. The molecule has 1 aromatic rings. The number of nitrogens with zero attached hydrogens (tertiary/aromatic N) is 2. The van der Waals surface area contributed by atoms with E-state index in [2.05, 4.69) is 10.4 Å². The minimum absolute atomic E-state index is 0.0249. The van der Waals surface area contributed by atoms with Crippen molar-refractivity contribution in [3.05, 3.63) is 18.0 Å². The normalized spacial score (nSPS) is 22.1. The molecule has 1 fully saturated rings. The van der Waals surface area contributed by atoms with Crippen molar-refractivity contribution in [3.8, 4) is 0 Å². The monoisotopic (exact) mass is 201 g/mol. The molecule has 0 bridgehead atoms. The van der Waals surface area contributed by atoms with Crippen molar-refractivity contribution < 1.29 is 8.78 Å². The second-order valence-electron chi connectivity index (χ2n) is 3.60. The van der Waals surface area contributed by atoms with E-state index in [1.54, 1.807) is 0 Å². The van der Waals surface area contributed by atoms with Gasteiger partial charge in [0.1, 0.15) is 5.69 Å². The van der Waals surface area contributed by atoms with Crippen molar-refractivity contribution in [1.29, 1.82) is 0 Å². The number of nitrogens with one attached hydrogen (secondary N) is 1. The van der Waals surface area contributed by atoms with Gasteiger partial charge in [0.05, 0.1) is 0 Å². The largest absolute Gasteiger partial charge is 0.316 e. The number of rotatable bonds is 3. The van der Waals surface area contributed by atoms with E-state index in [0.717, 1.165) is 19.5 Å². The summed E-state index contributed by atoms with van der Waals surface area (Å²) in [4.78, 5) is 0. The molecule has 1 unspecified atom stereocenters. The maximum atomic E-state index is 12.5. The SMILES string of the molecule is FC(F)c1ccnn1CC1CCNC1. The van der Waals surface area contributed by atoms with Gasteiger partial charge in [-0.25, -0.2) is 8.78 Å². The molecule has 0 amide bonds. The summed E-state index contributed by atoms with van der Waals surface area (Å²) in [6.45, 7) is 2.48. The first kappa shape index (κ1) is 9.58. The lowest BCUT2D eigenvalue weighted by Crippen LogP contribution is -2.17. The van der Waals surface area contributed by atoms with E-state index in [1.165, 1.54) is 16.9 Å². The molecule has 1 saturated heterocycles. The van der Waals surface area contributed by atoms with E-state index in [0.29, 0.717) is 12.5 Å². The van der Waals surface area contributed by atoms with E-state index >= 15 is 0 Å². The van der Waals surface area contributed by atoms with Gasteiger partial charge in [-0.15, -0.1) is 0 Å². The molecule has 78 valence electrons. The highest BCUT2D eigenvalue weighted by Gasteiger charge is 2.19. The van der Waals surface area contributed by atoms with Gasteiger partial charge in [0.2, 0.25) is 0 Å². The predicted molar refractivity (Wildman–Crippen MR) is 48.2 cm³/mol. The lowest BCUT2D eigenvalue weighted by atomic mass is 10.1. The zero-order valence-electron chi connectivity index (χ0n) is 7.79. The van der Waals surface area contributed by atoms with Crippen LogP contribution in [0.2, 0.25) is 0 Å². The van der Waals surface area contributed by atoms with Gasteiger partial charge in [0, 0.05) is 12.7 Å². The molecule has 1 N–H and O–H groups in total. The summed E-state index contributed by atoms with van der Waals surface area (Å²) in [6, 6.07) is 1.38.